The average molecular weight is 290 g/mol. The van der Waals surface area contributed by atoms with Crippen LogP contribution in [0.15, 0.2) is 16.9 Å². The maximum atomic E-state index is 12.6. The molecule has 4 heteroatoms. The molecule has 0 saturated carbocycles. The highest BCUT2D eigenvalue weighted by Crippen LogP contribution is 2.24. The van der Waals surface area contributed by atoms with E-state index in [2.05, 4.69) is 31.0 Å². The zero-order valence-electron chi connectivity index (χ0n) is 12.5. The Morgan fingerprint density at radius 1 is 1.25 bits per heavy atom. The summed E-state index contributed by atoms with van der Waals surface area (Å²) in [7, 11) is 2.17. The third-order valence-electron chi connectivity index (χ3n) is 4.35. The molecule has 0 atom stereocenters. The van der Waals surface area contributed by atoms with Crippen molar-refractivity contribution < 1.29 is 0 Å². The number of piperidine rings is 1. The van der Waals surface area contributed by atoms with Crippen molar-refractivity contribution in [2.75, 3.05) is 20.1 Å². The van der Waals surface area contributed by atoms with Gasteiger partial charge in [-0.25, -0.2) is 0 Å². The second kappa shape index (κ2) is 5.34. The van der Waals surface area contributed by atoms with Gasteiger partial charge in [-0.3, -0.25) is 8.75 Å². The fraction of sp³-hybridized carbons (Fsp3) is 0.562. The predicted octanol–water partition coefficient (Wildman–Crippen LogP) is 3.02. The fourth-order valence-electron chi connectivity index (χ4n) is 3.16. The summed E-state index contributed by atoms with van der Waals surface area (Å²) in [6.45, 7) is 7.34. The molecule has 0 radical (unpaired) electrons. The van der Waals surface area contributed by atoms with Crippen molar-refractivity contribution in [1.29, 1.82) is 0 Å². The van der Waals surface area contributed by atoms with E-state index in [0.717, 1.165) is 35.3 Å². The first-order valence-corrected chi connectivity index (χ1v) is 8.11. The summed E-state index contributed by atoms with van der Waals surface area (Å²) in [6, 6.07) is 4.25. The van der Waals surface area contributed by atoms with Gasteiger partial charge in [-0.1, -0.05) is 17.6 Å². The van der Waals surface area contributed by atoms with Gasteiger partial charge in [0.1, 0.15) is 0 Å². The summed E-state index contributed by atoms with van der Waals surface area (Å²) in [4.78, 5) is 14.9. The Bertz CT molecular complexity index is 678. The molecule has 2 aromatic rings. The third-order valence-corrected chi connectivity index (χ3v) is 5.41. The standard InChI is InChI=1S/C16H22N2OS/c1-11-8-12(2)15-14(9-11)20-18(16(15)19)10-13-4-6-17(3)7-5-13/h8-9,13H,4-7,10H2,1-3H3. The number of benzene rings is 1. The summed E-state index contributed by atoms with van der Waals surface area (Å²) in [6.07, 6.45) is 2.41. The lowest BCUT2D eigenvalue weighted by Crippen LogP contribution is -2.32. The SMILES string of the molecule is Cc1cc(C)c2c(=O)n(CC3CCN(C)CC3)sc2c1. The van der Waals surface area contributed by atoms with E-state index in [1.165, 1.54) is 18.4 Å². The van der Waals surface area contributed by atoms with Crippen LogP contribution in [-0.2, 0) is 6.54 Å². The number of likely N-dealkylation sites (tertiary alicyclic amines) is 1. The summed E-state index contributed by atoms with van der Waals surface area (Å²) >= 11 is 1.64. The first-order valence-electron chi connectivity index (χ1n) is 7.34. The molecule has 0 amide bonds. The Kier molecular flexibility index (Phi) is 3.69. The van der Waals surface area contributed by atoms with Crippen molar-refractivity contribution in [3.63, 3.8) is 0 Å². The smallest absolute Gasteiger partial charge is 0.268 e. The highest BCUT2D eigenvalue weighted by atomic mass is 32.1. The molecule has 1 aromatic heterocycles. The van der Waals surface area contributed by atoms with E-state index < -0.39 is 0 Å². The number of fused-ring (bicyclic) bond motifs is 1. The normalized spacial score (nSPS) is 17.9. The molecule has 0 N–H and O–H groups in total. The minimum Gasteiger partial charge on any atom is -0.306 e. The number of hydrogen-bond donors (Lipinski definition) is 0. The molecule has 3 nitrogen and oxygen atoms in total. The lowest BCUT2D eigenvalue weighted by molar-refractivity contribution is 0.207. The number of nitrogens with zero attached hydrogens (tertiary/aromatic N) is 2. The van der Waals surface area contributed by atoms with Gasteiger partial charge >= 0.3 is 0 Å². The molecule has 108 valence electrons. The Hall–Kier alpha value is -1.13. The highest BCUT2D eigenvalue weighted by molar-refractivity contribution is 7.13. The van der Waals surface area contributed by atoms with Gasteiger partial charge in [-0.2, -0.15) is 0 Å². The van der Waals surface area contributed by atoms with Crippen LogP contribution in [0.2, 0.25) is 0 Å². The molecule has 1 aromatic carbocycles. The zero-order valence-corrected chi connectivity index (χ0v) is 13.3. The van der Waals surface area contributed by atoms with Gasteiger partial charge in [-0.15, -0.1) is 0 Å². The molecule has 1 aliphatic rings. The maximum Gasteiger partial charge on any atom is 0.268 e. The molecule has 1 aliphatic heterocycles. The van der Waals surface area contributed by atoms with Gasteiger partial charge < -0.3 is 4.90 Å². The molecule has 0 spiro atoms. The van der Waals surface area contributed by atoms with Crippen LogP contribution >= 0.6 is 11.5 Å². The molecule has 2 heterocycles. The fourth-order valence-corrected chi connectivity index (χ4v) is 4.43. The van der Waals surface area contributed by atoms with Crippen LogP contribution in [0.5, 0.6) is 0 Å². The lowest BCUT2D eigenvalue weighted by Gasteiger charge is -2.28. The van der Waals surface area contributed by atoms with Crippen LogP contribution in [0, 0.1) is 19.8 Å². The lowest BCUT2D eigenvalue weighted by atomic mass is 9.97. The molecular weight excluding hydrogens is 268 g/mol. The van der Waals surface area contributed by atoms with Crippen molar-refractivity contribution in [2.45, 2.75) is 33.2 Å². The predicted molar refractivity (Wildman–Crippen MR) is 85.8 cm³/mol. The zero-order chi connectivity index (χ0) is 14.3. The molecule has 3 rings (SSSR count). The van der Waals surface area contributed by atoms with Crippen molar-refractivity contribution in [1.82, 2.24) is 8.86 Å². The number of aromatic nitrogens is 1. The van der Waals surface area contributed by atoms with Crippen molar-refractivity contribution in [2.24, 2.45) is 5.92 Å². The topological polar surface area (TPSA) is 25.2 Å². The molecule has 0 bridgehead atoms. The molecule has 20 heavy (non-hydrogen) atoms. The highest BCUT2D eigenvalue weighted by Gasteiger charge is 2.19. The van der Waals surface area contributed by atoms with Gasteiger partial charge in [-0.05, 0) is 69.9 Å². The largest absolute Gasteiger partial charge is 0.306 e. The van der Waals surface area contributed by atoms with Gasteiger partial charge in [0, 0.05) is 6.54 Å². The van der Waals surface area contributed by atoms with Crippen LogP contribution in [0.25, 0.3) is 10.1 Å². The maximum absolute atomic E-state index is 12.6. The molecule has 0 unspecified atom stereocenters. The monoisotopic (exact) mass is 290 g/mol. The molecule has 0 aliphatic carbocycles. The summed E-state index contributed by atoms with van der Waals surface area (Å²) in [5.74, 6) is 0.651. The van der Waals surface area contributed by atoms with Crippen molar-refractivity contribution >= 4 is 21.6 Å². The second-order valence-electron chi connectivity index (χ2n) is 6.16. The van der Waals surface area contributed by atoms with Crippen LogP contribution in [-0.4, -0.2) is 29.0 Å². The summed E-state index contributed by atoms with van der Waals surface area (Å²) in [5.41, 5.74) is 2.56. The first kappa shape index (κ1) is 13.8. The van der Waals surface area contributed by atoms with Crippen LogP contribution in [0.4, 0.5) is 0 Å². The van der Waals surface area contributed by atoms with Crippen molar-refractivity contribution in [3.8, 4) is 0 Å². The minimum absolute atomic E-state index is 0.210. The first-order chi connectivity index (χ1) is 9.54. The Morgan fingerprint density at radius 2 is 1.95 bits per heavy atom. The minimum atomic E-state index is 0.210. The van der Waals surface area contributed by atoms with E-state index >= 15 is 0 Å². The molecule has 1 saturated heterocycles. The summed E-state index contributed by atoms with van der Waals surface area (Å²) in [5, 5.41) is 0.925. The quantitative estimate of drug-likeness (QED) is 0.849. The number of hydrogen-bond acceptors (Lipinski definition) is 3. The number of rotatable bonds is 2. The van der Waals surface area contributed by atoms with Gasteiger partial charge in [0.05, 0.1) is 10.1 Å². The average Bonchev–Trinajstić information content (AvgIpc) is 2.69. The third kappa shape index (κ3) is 2.54. The molecular formula is C16H22N2OS. The van der Waals surface area contributed by atoms with E-state index in [0.29, 0.717) is 5.92 Å². The van der Waals surface area contributed by atoms with E-state index in [1.807, 2.05) is 10.9 Å². The Balaban J connectivity index is 1.91. The Morgan fingerprint density at radius 3 is 2.65 bits per heavy atom. The molecule has 1 fully saturated rings. The van der Waals surface area contributed by atoms with Crippen LogP contribution in [0.1, 0.15) is 24.0 Å². The number of aryl methyl sites for hydroxylation is 2. The second-order valence-corrected chi connectivity index (χ2v) is 7.22. The van der Waals surface area contributed by atoms with Crippen molar-refractivity contribution in [3.05, 3.63) is 33.6 Å². The Labute approximate surface area is 124 Å². The van der Waals surface area contributed by atoms with E-state index in [-0.39, 0.29) is 5.56 Å². The van der Waals surface area contributed by atoms with Gasteiger partial charge in [0.15, 0.2) is 0 Å². The van der Waals surface area contributed by atoms with E-state index in [1.54, 1.807) is 11.5 Å². The summed E-state index contributed by atoms with van der Waals surface area (Å²) < 4.78 is 3.12. The van der Waals surface area contributed by atoms with Gasteiger partial charge in [0.2, 0.25) is 0 Å². The van der Waals surface area contributed by atoms with Crippen LogP contribution in [0.3, 0.4) is 0 Å². The van der Waals surface area contributed by atoms with E-state index in [9.17, 15) is 4.79 Å². The van der Waals surface area contributed by atoms with Gasteiger partial charge in [0.25, 0.3) is 5.56 Å². The van der Waals surface area contributed by atoms with Crippen LogP contribution < -0.4 is 5.56 Å². The van der Waals surface area contributed by atoms with E-state index in [4.69, 9.17) is 0 Å².